The van der Waals surface area contributed by atoms with Crippen LogP contribution in [0.1, 0.15) is 16.8 Å². The maximum absolute atomic E-state index is 12.6. The number of pyridine rings is 1. The smallest absolute Gasteiger partial charge is 0.292 e. The predicted molar refractivity (Wildman–Crippen MR) is 78.3 cm³/mol. The fourth-order valence-electron chi connectivity index (χ4n) is 2.37. The molecule has 3 rings (SSSR count). The maximum Gasteiger partial charge on any atom is 0.416 e. The Kier molecular flexibility index (Phi) is 3.18. The second-order valence-corrected chi connectivity index (χ2v) is 4.97. The first-order valence-corrected chi connectivity index (χ1v) is 6.52. The van der Waals surface area contributed by atoms with E-state index in [0.717, 1.165) is 28.9 Å². The van der Waals surface area contributed by atoms with Crippen molar-refractivity contribution in [3.05, 3.63) is 59.5 Å². The van der Waals surface area contributed by atoms with Gasteiger partial charge in [-0.05, 0) is 41.8 Å². The zero-order valence-corrected chi connectivity index (χ0v) is 11.6. The Morgan fingerprint density at radius 2 is 1.82 bits per heavy atom. The van der Waals surface area contributed by atoms with E-state index in [2.05, 4.69) is 10.9 Å². The van der Waals surface area contributed by atoms with Crippen molar-refractivity contribution in [2.45, 2.75) is 13.1 Å². The zero-order chi connectivity index (χ0) is 15.9. The Hall–Kier alpha value is -2.74. The number of benzene rings is 1. The minimum absolute atomic E-state index is 0.604. The van der Waals surface area contributed by atoms with Gasteiger partial charge >= 0.3 is 6.18 Å². The fourth-order valence-corrected chi connectivity index (χ4v) is 2.37. The normalized spacial score (nSPS) is 11.6. The Bertz CT molecular complexity index is 881. The number of nitrogens with zero attached hydrogens (tertiary/aromatic N) is 2. The van der Waals surface area contributed by atoms with Gasteiger partial charge in [0.05, 0.1) is 11.8 Å². The molecule has 0 saturated heterocycles. The topological polar surface area (TPSA) is 17.3 Å². The van der Waals surface area contributed by atoms with Crippen LogP contribution in [0.5, 0.6) is 0 Å². The molecule has 5 heteroatoms. The first-order valence-electron chi connectivity index (χ1n) is 6.52. The van der Waals surface area contributed by atoms with E-state index in [-0.39, 0.29) is 0 Å². The highest BCUT2D eigenvalue weighted by atomic mass is 19.4. The third-order valence-electron chi connectivity index (χ3n) is 3.48. The summed E-state index contributed by atoms with van der Waals surface area (Å²) in [4.78, 5) is 4.24. The highest BCUT2D eigenvalue weighted by Crippen LogP contribution is 2.31. The Morgan fingerprint density at radius 1 is 1.14 bits per heavy atom. The molecular formula is C17H11F3N2. The second kappa shape index (κ2) is 4.92. The SMILES string of the molecule is C#Cc1cnc2c(C)cc(-c3ccc(C(F)(F)F)cc3)cn12. The van der Waals surface area contributed by atoms with Crippen molar-refractivity contribution < 1.29 is 13.2 Å². The quantitative estimate of drug-likeness (QED) is 0.612. The molecule has 110 valence electrons. The molecule has 2 aromatic heterocycles. The number of halogens is 3. The predicted octanol–water partition coefficient (Wildman–Crippen LogP) is 4.31. The van der Waals surface area contributed by atoms with Gasteiger partial charge in [-0.3, -0.25) is 4.40 Å². The van der Waals surface area contributed by atoms with Gasteiger partial charge in [0, 0.05) is 6.20 Å². The summed E-state index contributed by atoms with van der Waals surface area (Å²) < 4.78 is 39.6. The molecule has 0 radical (unpaired) electrons. The number of aryl methyl sites for hydroxylation is 1. The van der Waals surface area contributed by atoms with Gasteiger partial charge in [-0.2, -0.15) is 13.2 Å². The standard InChI is InChI=1S/C17H11F3N2/c1-3-15-9-21-16-11(2)8-13(10-22(15)16)12-4-6-14(7-5-12)17(18,19)20/h1,4-10H,2H3. The van der Waals surface area contributed by atoms with Gasteiger partial charge < -0.3 is 0 Å². The first kappa shape index (κ1) is 14.2. The molecule has 22 heavy (non-hydrogen) atoms. The lowest BCUT2D eigenvalue weighted by Crippen LogP contribution is -2.04. The van der Waals surface area contributed by atoms with E-state index in [4.69, 9.17) is 6.42 Å². The lowest BCUT2D eigenvalue weighted by Gasteiger charge is -2.09. The van der Waals surface area contributed by atoms with E-state index < -0.39 is 11.7 Å². The molecule has 0 aliphatic heterocycles. The summed E-state index contributed by atoms with van der Waals surface area (Å²) >= 11 is 0. The number of rotatable bonds is 1. The van der Waals surface area contributed by atoms with Crippen molar-refractivity contribution >= 4 is 5.65 Å². The molecule has 0 atom stereocenters. The monoisotopic (exact) mass is 300 g/mol. The van der Waals surface area contributed by atoms with Gasteiger partial charge in [0.15, 0.2) is 0 Å². The number of fused-ring (bicyclic) bond motifs is 1. The maximum atomic E-state index is 12.6. The highest BCUT2D eigenvalue weighted by molar-refractivity contribution is 5.68. The third kappa shape index (κ3) is 2.33. The van der Waals surface area contributed by atoms with Crippen LogP contribution in [0.2, 0.25) is 0 Å². The van der Waals surface area contributed by atoms with Crippen LogP contribution in [-0.4, -0.2) is 9.38 Å². The molecule has 0 saturated carbocycles. The van der Waals surface area contributed by atoms with Crippen LogP contribution < -0.4 is 0 Å². The van der Waals surface area contributed by atoms with Crippen molar-refractivity contribution in [1.29, 1.82) is 0 Å². The first-order chi connectivity index (χ1) is 10.4. The van der Waals surface area contributed by atoms with Crippen molar-refractivity contribution in [1.82, 2.24) is 9.38 Å². The van der Waals surface area contributed by atoms with E-state index >= 15 is 0 Å². The minimum Gasteiger partial charge on any atom is -0.292 e. The van der Waals surface area contributed by atoms with Gasteiger partial charge in [0.2, 0.25) is 0 Å². The van der Waals surface area contributed by atoms with E-state index in [1.807, 2.05) is 13.0 Å². The Labute approximate surface area is 125 Å². The van der Waals surface area contributed by atoms with Crippen LogP contribution in [0.3, 0.4) is 0 Å². The van der Waals surface area contributed by atoms with E-state index in [0.29, 0.717) is 11.3 Å². The molecule has 0 aliphatic rings. The minimum atomic E-state index is -4.33. The van der Waals surface area contributed by atoms with E-state index in [1.54, 1.807) is 16.8 Å². The van der Waals surface area contributed by atoms with Gasteiger partial charge in [-0.1, -0.05) is 18.1 Å². The van der Waals surface area contributed by atoms with Crippen molar-refractivity contribution in [3.8, 4) is 23.5 Å². The Balaban J connectivity index is 2.12. The summed E-state index contributed by atoms with van der Waals surface area (Å²) in [5.74, 6) is 2.54. The molecule has 0 bridgehead atoms. The average Bonchev–Trinajstić information content (AvgIpc) is 2.90. The molecule has 3 aromatic rings. The van der Waals surface area contributed by atoms with Crippen molar-refractivity contribution in [2.24, 2.45) is 0 Å². The molecular weight excluding hydrogens is 289 g/mol. The molecule has 2 heterocycles. The summed E-state index contributed by atoms with van der Waals surface area (Å²) in [5, 5.41) is 0. The molecule has 0 aliphatic carbocycles. The lowest BCUT2D eigenvalue weighted by molar-refractivity contribution is -0.137. The van der Waals surface area contributed by atoms with Crippen LogP contribution in [0.15, 0.2) is 42.7 Å². The molecule has 1 aromatic carbocycles. The molecule has 0 N–H and O–H groups in total. The zero-order valence-electron chi connectivity index (χ0n) is 11.6. The van der Waals surface area contributed by atoms with Crippen LogP contribution in [0.25, 0.3) is 16.8 Å². The number of hydrogen-bond donors (Lipinski definition) is 0. The highest BCUT2D eigenvalue weighted by Gasteiger charge is 2.29. The fraction of sp³-hybridized carbons (Fsp3) is 0.118. The Morgan fingerprint density at radius 3 is 2.41 bits per heavy atom. The number of aromatic nitrogens is 2. The molecule has 2 nitrogen and oxygen atoms in total. The average molecular weight is 300 g/mol. The lowest BCUT2D eigenvalue weighted by atomic mass is 10.0. The summed E-state index contributed by atoms with van der Waals surface area (Å²) in [6.45, 7) is 1.89. The molecule has 0 spiro atoms. The molecule has 0 amide bonds. The van der Waals surface area contributed by atoms with Crippen LogP contribution in [-0.2, 0) is 6.18 Å². The van der Waals surface area contributed by atoms with Gasteiger partial charge in [-0.15, -0.1) is 6.42 Å². The number of terminal acetylenes is 1. The molecule has 0 fully saturated rings. The summed E-state index contributed by atoms with van der Waals surface area (Å²) in [6, 6.07) is 6.94. The van der Waals surface area contributed by atoms with Gasteiger partial charge in [-0.25, -0.2) is 4.98 Å². The second-order valence-electron chi connectivity index (χ2n) is 4.97. The third-order valence-corrected chi connectivity index (χ3v) is 3.48. The van der Waals surface area contributed by atoms with E-state index in [9.17, 15) is 13.2 Å². The number of imidazole rings is 1. The van der Waals surface area contributed by atoms with Crippen LogP contribution in [0.4, 0.5) is 13.2 Å². The summed E-state index contributed by atoms with van der Waals surface area (Å²) in [5.41, 5.74) is 3.05. The van der Waals surface area contributed by atoms with Gasteiger partial charge in [0.25, 0.3) is 0 Å². The summed E-state index contributed by atoms with van der Waals surface area (Å²) in [6.07, 6.45) is 4.48. The molecule has 0 unspecified atom stereocenters. The summed E-state index contributed by atoms with van der Waals surface area (Å²) in [7, 11) is 0. The largest absolute Gasteiger partial charge is 0.416 e. The number of alkyl halides is 3. The van der Waals surface area contributed by atoms with Gasteiger partial charge in [0.1, 0.15) is 11.3 Å². The van der Waals surface area contributed by atoms with Crippen LogP contribution >= 0.6 is 0 Å². The number of hydrogen-bond acceptors (Lipinski definition) is 1. The van der Waals surface area contributed by atoms with Crippen molar-refractivity contribution in [3.63, 3.8) is 0 Å². The van der Waals surface area contributed by atoms with Crippen molar-refractivity contribution in [2.75, 3.05) is 0 Å². The van der Waals surface area contributed by atoms with Crippen LogP contribution in [0, 0.1) is 19.3 Å². The van der Waals surface area contributed by atoms with E-state index in [1.165, 1.54) is 12.1 Å².